The minimum absolute atomic E-state index is 0.109. The first-order valence-electron chi connectivity index (χ1n) is 5.12. The molecule has 1 aromatic carbocycles. The molecule has 0 aromatic heterocycles. The van der Waals surface area contributed by atoms with Crippen LogP contribution in [0.2, 0.25) is 0 Å². The molecule has 0 atom stereocenters. The molecule has 0 aliphatic heterocycles. The number of aliphatic hydroxyl groups is 1. The van der Waals surface area contributed by atoms with Crippen molar-refractivity contribution in [3.05, 3.63) is 35.4 Å². The van der Waals surface area contributed by atoms with Crippen LogP contribution in [0.3, 0.4) is 0 Å². The van der Waals surface area contributed by atoms with E-state index < -0.39 is 0 Å². The van der Waals surface area contributed by atoms with Gasteiger partial charge in [0.1, 0.15) is 6.61 Å². The molecule has 1 N–H and O–H groups in total. The van der Waals surface area contributed by atoms with Gasteiger partial charge in [-0.15, -0.1) is 0 Å². The van der Waals surface area contributed by atoms with Gasteiger partial charge in [-0.1, -0.05) is 24.0 Å². The van der Waals surface area contributed by atoms with Gasteiger partial charge in [0.25, 0.3) is 0 Å². The van der Waals surface area contributed by atoms with Gasteiger partial charge in [-0.05, 0) is 17.7 Å². The Hall–Kier alpha value is -1.34. The van der Waals surface area contributed by atoms with Gasteiger partial charge in [0.05, 0.1) is 19.8 Å². The van der Waals surface area contributed by atoms with Crippen molar-refractivity contribution in [2.75, 3.05) is 26.9 Å². The lowest BCUT2D eigenvalue weighted by Gasteiger charge is -2.03. The summed E-state index contributed by atoms with van der Waals surface area (Å²) in [7, 11) is 1.65. The summed E-state index contributed by atoms with van der Waals surface area (Å²) in [6, 6.07) is 7.76. The molecule has 0 saturated heterocycles. The minimum atomic E-state index is -0.109. The van der Waals surface area contributed by atoms with Crippen LogP contribution >= 0.6 is 0 Å². The van der Waals surface area contributed by atoms with Gasteiger partial charge in [-0.2, -0.15) is 0 Å². The Balaban J connectivity index is 2.39. The van der Waals surface area contributed by atoms with Crippen LogP contribution in [-0.2, 0) is 16.1 Å². The molecule has 0 unspecified atom stereocenters. The Labute approximate surface area is 96.0 Å². The molecular weight excluding hydrogens is 204 g/mol. The molecule has 16 heavy (non-hydrogen) atoms. The normalized spacial score (nSPS) is 9.62. The summed E-state index contributed by atoms with van der Waals surface area (Å²) in [5.74, 6) is 5.44. The van der Waals surface area contributed by atoms with E-state index in [1.165, 1.54) is 0 Å². The molecule has 0 aliphatic carbocycles. The third-order valence-corrected chi connectivity index (χ3v) is 1.97. The van der Waals surface area contributed by atoms with Crippen molar-refractivity contribution in [2.24, 2.45) is 0 Å². The van der Waals surface area contributed by atoms with E-state index in [-0.39, 0.29) is 6.61 Å². The molecule has 0 aliphatic rings. The number of methoxy groups -OCH3 is 1. The van der Waals surface area contributed by atoms with Crippen LogP contribution in [-0.4, -0.2) is 32.0 Å². The second-order valence-electron chi connectivity index (χ2n) is 3.20. The first-order chi connectivity index (χ1) is 7.86. The molecule has 3 nitrogen and oxygen atoms in total. The minimum Gasteiger partial charge on any atom is -0.384 e. The fraction of sp³-hybridized carbons (Fsp3) is 0.385. The first-order valence-corrected chi connectivity index (χ1v) is 5.12. The van der Waals surface area contributed by atoms with E-state index >= 15 is 0 Å². The van der Waals surface area contributed by atoms with Crippen LogP contribution in [0, 0.1) is 11.8 Å². The number of rotatable bonds is 5. The fourth-order valence-electron chi connectivity index (χ4n) is 1.16. The summed E-state index contributed by atoms with van der Waals surface area (Å²) in [6.45, 7) is 1.68. The third kappa shape index (κ3) is 4.94. The molecule has 1 aromatic rings. The molecule has 1 rings (SSSR count). The number of ether oxygens (including phenoxy) is 2. The molecule has 0 heterocycles. The highest BCUT2D eigenvalue weighted by molar-refractivity contribution is 5.35. The molecule has 0 fully saturated rings. The van der Waals surface area contributed by atoms with Crippen LogP contribution in [0.1, 0.15) is 11.1 Å². The summed E-state index contributed by atoms with van der Waals surface area (Å²) in [4.78, 5) is 0. The third-order valence-electron chi connectivity index (χ3n) is 1.97. The lowest BCUT2D eigenvalue weighted by Crippen LogP contribution is -2.01. The Morgan fingerprint density at radius 1 is 1.19 bits per heavy atom. The lowest BCUT2D eigenvalue weighted by atomic mass is 10.1. The van der Waals surface area contributed by atoms with E-state index in [0.29, 0.717) is 19.8 Å². The zero-order valence-electron chi connectivity index (χ0n) is 9.40. The number of aliphatic hydroxyl groups excluding tert-OH is 1. The largest absolute Gasteiger partial charge is 0.384 e. The Morgan fingerprint density at radius 2 is 1.94 bits per heavy atom. The predicted octanol–water partition coefficient (Wildman–Crippen LogP) is 1.19. The monoisotopic (exact) mass is 220 g/mol. The SMILES string of the molecule is COCCOCc1ccc(C#CCO)cc1. The van der Waals surface area contributed by atoms with E-state index in [1.54, 1.807) is 7.11 Å². The number of benzene rings is 1. The zero-order valence-corrected chi connectivity index (χ0v) is 9.40. The van der Waals surface area contributed by atoms with Gasteiger partial charge in [0.15, 0.2) is 0 Å². The summed E-state index contributed by atoms with van der Waals surface area (Å²) >= 11 is 0. The van der Waals surface area contributed by atoms with Gasteiger partial charge >= 0.3 is 0 Å². The summed E-state index contributed by atoms with van der Waals surface area (Å²) < 4.78 is 10.3. The van der Waals surface area contributed by atoms with E-state index in [4.69, 9.17) is 14.6 Å². The maximum Gasteiger partial charge on any atom is 0.104 e. The van der Waals surface area contributed by atoms with Crippen LogP contribution < -0.4 is 0 Å². The van der Waals surface area contributed by atoms with Crippen LogP contribution in [0.25, 0.3) is 0 Å². The highest BCUT2D eigenvalue weighted by Crippen LogP contribution is 2.04. The fourth-order valence-corrected chi connectivity index (χ4v) is 1.16. The Bertz CT molecular complexity index is 346. The van der Waals surface area contributed by atoms with Crippen molar-refractivity contribution in [3.8, 4) is 11.8 Å². The zero-order chi connectivity index (χ0) is 11.6. The molecule has 0 spiro atoms. The summed E-state index contributed by atoms with van der Waals surface area (Å²) in [5, 5.41) is 8.54. The molecule has 0 radical (unpaired) electrons. The first kappa shape index (κ1) is 12.7. The van der Waals surface area contributed by atoms with E-state index in [1.807, 2.05) is 24.3 Å². The van der Waals surface area contributed by atoms with Crippen molar-refractivity contribution >= 4 is 0 Å². The Kier molecular flexibility index (Phi) is 6.28. The molecule has 3 heteroatoms. The smallest absolute Gasteiger partial charge is 0.104 e. The van der Waals surface area contributed by atoms with Crippen molar-refractivity contribution in [2.45, 2.75) is 6.61 Å². The van der Waals surface area contributed by atoms with Gasteiger partial charge in [-0.3, -0.25) is 0 Å². The topological polar surface area (TPSA) is 38.7 Å². The molecule has 86 valence electrons. The van der Waals surface area contributed by atoms with Crippen LogP contribution in [0.5, 0.6) is 0 Å². The average Bonchev–Trinajstić information content (AvgIpc) is 2.33. The maximum absolute atomic E-state index is 8.54. The summed E-state index contributed by atoms with van der Waals surface area (Å²) in [5.41, 5.74) is 2.00. The lowest BCUT2D eigenvalue weighted by molar-refractivity contribution is 0.0616. The predicted molar refractivity (Wildman–Crippen MR) is 61.9 cm³/mol. The maximum atomic E-state index is 8.54. The highest BCUT2D eigenvalue weighted by atomic mass is 16.5. The van der Waals surface area contributed by atoms with Gasteiger partial charge in [-0.25, -0.2) is 0 Å². The van der Waals surface area contributed by atoms with Gasteiger partial charge in [0.2, 0.25) is 0 Å². The van der Waals surface area contributed by atoms with Crippen molar-refractivity contribution in [1.29, 1.82) is 0 Å². The van der Waals surface area contributed by atoms with Crippen LogP contribution in [0.4, 0.5) is 0 Å². The van der Waals surface area contributed by atoms with Gasteiger partial charge in [0, 0.05) is 12.7 Å². The Morgan fingerprint density at radius 3 is 2.56 bits per heavy atom. The molecule has 0 saturated carbocycles. The quantitative estimate of drug-likeness (QED) is 0.598. The van der Waals surface area contributed by atoms with Gasteiger partial charge < -0.3 is 14.6 Å². The molecular formula is C13H16O3. The van der Waals surface area contributed by atoms with Crippen molar-refractivity contribution in [3.63, 3.8) is 0 Å². The summed E-state index contributed by atoms with van der Waals surface area (Å²) in [6.07, 6.45) is 0. The number of hydrogen-bond acceptors (Lipinski definition) is 3. The van der Waals surface area contributed by atoms with E-state index in [2.05, 4.69) is 11.8 Å². The second kappa shape index (κ2) is 7.89. The molecule has 0 amide bonds. The van der Waals surface area contributed by atoms with E-state index in [0.717, 1.165) is 11.1 Å². The van der Waals surface area contributed by atoms with Crippen molar-refractivity contribution in [1.82, 2.24) is 0 Å². The molecule has 0 bridgehead atoms. The number of hydrogen-bond donors (Lipinski definition) is 1. The second-order valence-corrected chi connectivity index (χ2v) is 3.20. The van der Waals surface area contributed by atoms with Crippen LogP contribution in [0.15, 0.2) is 24.3 Å². The average molecular weight is 220 g/mol. The standard InChI is InChI=1S/C13H16O3/c1-15-9-10-16-11-13-6-4-12(5-7-13)3-2-8-14/h4-7,14H,8-11H2,1H3. The highest BCUT2D eigenvalue weighted by Gasteiger charge is 1.93. The van der Waals surface area contributed by atoms with Crippen molar-refractivity contribution < 1.29 is 14.6 Å². The van der Waals surface area contributed by atoms with E-state index in [9.17, 15) is 0 Å².